The molecule has 34 heavy (non-hydrogen) atoms. The Bertz CT molecular complexity index is 1250. The molecule has 4 aromatic rings. The fourth-order valence-corrected chi connectivity index (χ4v) is 4.41. The minimum Gasteiger partial charge on any atom is -0.338 e. The molecule has 2 aromatic carbocycles. The predicted molar refractivity (Wildman–Crippen MR) is 131 cm³/mol. The Balaban J connectivity index is 1.43. The van der Waals surface area contributed by atoms with E-state index in [-0.39, 0.29) is 17.6 Å². The average Bonchev–Trinajstić information content (AvgIpc) is 3.50. The molecule has 2 aromatic heterocycles. The second-order valence-electron chi connectivity index (χ2n) is 7.92. The van der Waals surface area contributed by atoms with Gasteiger partial charge in [0, 0.05) is 42.0 Å². The summed E-state index contributed by atoms with van der Waals surface area (Å²) in [5, 5.41) is 7.89. The molecule has 0 aliphatic carbocycles. The third kappa shape index (κ3) is 5.96. The lowest BCUT2D eigenvalue weighted by Gasteiger charge is -2.19. The van der Waals surface area contributed by atoms with E-state index in [2.05, 4.69) is 21.7 Å². The van der Waals surface area contributed by atoms with E-state index >= 15 is 0 Å². The number of rotatable bonds is 9. The largest absolute Gasteiger partial charge is 0.338 e. The summed E-state index contributed by atoms with van der Waals surface area (Å²) in [5.41, 5.74) is 1.67. The van der Waals surface area contributed by atoms with Gasteiger partial charge < -0.3 is 15.2 Å². The molecule has 2 N–H and O–H groups in total. The van der Waals surface area contributed by atoms with E-state index in [1.807, 2.05) is 18.5 Å². The molecule has 0 saturated carbocycles. The summed E-state index contributed by atoms with van der Waals surface area (Å²) in [7, 11) is 1.83. The maximum atomic E-state index is 13.5. The monoisotopic (exact) mass is 476 g/mol. The fraction of sp³-hybridized carbons (Fsp3) is 0.192. The second kappa shape index (κ2) is 10.9. The van der Waals surface area contributed by atoms with Crippen LogP contribution in [0.25, 0.3) is 0 Å². The van der Waals surface area contributed by atoms with E-state index in [0.717, 1.165) is 12.8 Å². The molecule has 1 atom stereocenters. The minimum absolute atomic E-state index is 0.0914. The number of hydrogen-bond donors (Lipinski definition) is 2. The number of thiophene rings is 1. The summed E-state index contributed by atoms with van der Waals surface area (Å²) in [5.74, 6) is -0.153. The van der Waals surface area contributed by atoms with Crippen LogP contribution in [0.2, 0.25) is 0 Å². The molecular formula is C26H25FN4O2S. The average molecular weight is 477 g/mol. The van der Waals surface area contributed by atoms with E-state index in [4.69, 9.17) is 0 Å². The first kappa shape index (κ1) is 23.4. The van der Waals surface area contributed by atoms with Crippen LogP contribution in [0.1, 0.15) is 45.5 Å². The topological polar surface area (TPSA) is 76.0 Å². The van der Waals surface area contributed by atoms with E-state index in [1.165, 1.54) is 17.0 Å². The number of anilines is 1. The molecule has 0 fully saturated rings. The van der Waals surface area contributed by atoms with Gasteiger partial charge in [0.2, 0.25) is 5.91 Å². The van der Waals surface area contributed by atoms with E-state index < -0.39 is 6.04 Å². The molecule has 2 amide bonds. The number of carbonyl (C=O) groups is 2. The van der Waals surface area contributed by atoms with Crippen molar-refractivity contribution in [3.8, 4) is 0 Å². The second-order valence-corrected chi connectivity index (χ2v) is 8.95. The molecule has 1 unspecified atom stereocenters. The van der Waals surface area contributed by atoms with Crippen LogP contribution in [0.4, 0.5) is 10.1 Å². The van der Waals surface area contributed by atoms with Crippen LogP contribution in [0.15, 0.2) is 78.4 Å². The van der Waals surface area contributed by atoms with Crippen molar-refractivity contribution < 1.29 is 14.0 Å². The molecule has 0 saturated heterocycles. The number of carbonyl (C=O) groups excluding carboxylic acids is 2. The van der Waals surface area contributed by atoms with Gasteiger partial charge >= 0.3 is 0 Å². The molecule has 0 spiro atoms. The zero-order chi connectivity index (χ0) is 23.9. The Labute approximate surface area is 201 Å². The van der Waals surface area contributed by atoms with E-state index in [0.29, 0.717) is 29.1 Å². The van der Waals surface area contributed by atoms with Gasteiger partial charge in [-0.15, -0.1) is 11.3 Å². The van der Waals surface area contributed by atoms with Crippen LogP contribution in [0.3, 0.4) is 0 Å². The maximum absolute atomic E-state index is 13.5. The lowest BCUT2D eigenvalue weighted by Crippen LogP contribution is -2.31. The Hall–Kier alpha value is -3.78. The zero-order valence-electron chi connectivity index (χ0n) is 18.7. The number of benzene rings is 2. The molecule has 8 heteroatoms. The quantitative estimate of drug-likeness (QED) is 0.353. The summed E-state index contributed by atoms with van der Waals surface area (Å²) in [6.45, 7) is 0. The summed E-state index contributed by atoms with van der Waals surface area (Å²) < 4.78 is 15.3. The number of nitrogens with zero attached hydrogens (tertiary/aromatic N) is 2. The minimum atomic E-state index is -0.566. The number of aromatic nitrogens is 2. The van der Waals surface area contributed by atoms with Crippen molar-refractivity contribution in [2.75, 3.05) is 5.32 Å². The van der Waals surface area contributed by atoms with Gasteiger partial charge in [0.25, 0.3) is 5.91 Å². The van der Waals surface area contributed by atoms with Crippen molar-refractivity contribution >= 4 is 28.8 Å². The first-order valence-corrected chi connectivity index (χ1v) is 11.8. The van der Waals surface area contributed by atoms with Crippen LogP contribution in [-0.2, 0) is 18.3 Å². The number of nitrogens with one attached hydrogen (secondary N) is 2. The van der Waals surface area contributed by atoms with Crippen LogP contribution < -0.4 is 10.6 Å². The number of hydrogen-bond acceptors (Lipinski definition) is 4. The Morgan fingerprint density at radius 1 is 1.12 bits per heavy atom. The van der Waals surface area contributed by atoms with E-state index in [1.54, 1.807) is 64.7 Å². The van der Waals surface area contributed by atoms with E-state index in [9.17, 15) is 14.0 Å². The fourth-order valence-electron chi connectivity index (χ4n) is 3.66. The lowest BCUT2D eigenvalue weighted by molar-refractivity contribution is -0.116. The summed E-state index contributed by atoms with van der Waals surface area (Å²) >= 11 is 1.69. The van der Waals surface area contributed by atoms with Gasteiger partial charge in [-0.1, -0.05) is 24.3 Å². The molecular weight excluding hydrogens is 451 g/mol. The number of halogens is 1. The maximum Gasteiger partial charge on any atom is 0.252 e. The standard InChI is InChI=1S/C26H25FN4O2S/c1-31-15-14-28-25(31)24(18-10-12-20(27)13-11-18)30-26(33)19-5-2-6-21(17-19)29-23(32)9-3-7-22-8-4-16-34-22/h2,4-6,8,10-17,24H,3,7,9H2,1H3,(H,29,32)(H,30,33). The lowest BCUT2D eigenvalue weighted by atomic mass is 10.0. The Morgan fingerprint density at radius 2 is 1.94 bits per heavy atom. The molecule has 0 aliphatic rings. The van der Waals surface area contributed by atoms with Gasteiger partial charge in [-0.3, -0.25) is 9.59 Å². The van der Waals surface area contributed by atoms with Crippen molar-refractivity contribution in [1.29, 1.82) is 0 Å². The van der Waals surface area contributed by atoms with Gasteiger partial charge in [0.15, 0.2) is 0 Å². The molecule has 0 aliphatic heterocycles. The molecule has 4 rings (SSSR count). The van der Waals surface area contributed by atoms with Crippen LogP contribution >= 0.6 is 11.3 Å². The highest BCUT2D eigenvalue weighted by Gasteiger charge is 2.22. The summed E-state index contributed by atoms with van der Waals surface area (Å²) in [6, 6.07) is 16.3. The predicted octanol–water partition coefficient (Wildman–Crippen LogP) is 5.10. The molecule has 174 valence electrons. The van der Waals surface area contributed by atoms with Gasteiger partial charge in [0.1, 0.15) is 17.7 Å². The normalized spacial score (nSPS) is 11.7. The molecule has 6 nitrogen and oxygen atoms in total. The van der Waals surface area contributed by atoms with Crippen LogP contribution in [0.5, 0.6) is 0 Å². The van der Waals surface area contributed by atoms with Crippen molar-refractivity contribution in [1.82, 2.24) is 14.9 Å². The molecule has 0 radical (unpaired) electrons. The smallest absolute Gasteiger partial charge is 0.252 e. The van der Waals surface area contributed by atoms with Gasteiger partial charge in [-0.25, -0.2) is 9.37 Å². The van der Waals surface area contributed by atoms with Gasteiger partial charge in [0.05, 0.1) is 0 Å². The number of imidazole rings is 1. The van der Waals surface area contributed by atoms with Crippen LogP contribution in [-0.4, -0.2) is 21.4 Å². The SMILES string of the molecule is Cn1ccnc1C(NC(=O)c1cccc(NC(=O)CCCc2cccs2)c1)c1ccc(F)cc1. The van der Waals surface area contributed by atoms with Crippen molar-refractivity contribution in [3.63, 3.8) is 0 Å². The molecule has 2 heterocycles. The Morgan fingerprint density at radius 3 is 2.65 bits per heavy atom. The summed E-state index contributed by atoms with van der Waals surface area (Å²) in [6.07, 6.45) is 5.46. The van der Waals surface area contributed by atoms with Gasteiger partial charge in [-0.05, 0) is 60.2 Å². The Kier molecular flexibility index (Phi) is 7.49. The third-order valence-corrected chi connectivity index (χ3v) is 6.35. The zero-order valence-corrected chi connectivity index (χ0v) is 19.5. The van der Waals surface area contributed by atoms with Crippen LogP contribution in [0, 0.1) is 5.82 Å². The van der Waals surface area contributed by atoms with Crippen molar-refractivity contribution in [2.45, 2.75) is 25.3 Å². The third-order valence-electron chi connectivity index (χ3n) is 5.41. The van der Waals surface area contributed by atoms with Crippen molar-refractivity contribution in [2.24, 2.45) is 7.05 Å². The number of aryl methyl sites for hydroxylation is 2. The highest BCUT2D eigenvalue weighted by atomic mass is 32.1. The summed E-state index contributed by atoms with van der Waals surface area (Å²) in [4.78, 5) is 31.1. The van der Waals surface area contributed by atoms with Crippen molar-refractivity contribution in [3.05, 3.63) is 106 Å². The first-order valence-electron chi connectivity index (χ1n) is 11.0. The number of amides is 2. The molecule has 0 bridgehead atoms. The first-order chi connectivity index (χ1) is 16.5. The highest BCUT2D eigenvalue weighted by molar-refractivity contribution is 7.09. The highest BCUT2D eigenvalue weighted by Crippen LogP contribution is 2.22. The van der Waals surface area contributed by atoms with Gasteiger partial charge in [-0.2, -0.15) is 0 Å².